The normalized spacial score (nSPS) is 18.7. The molecular weight excluding hydrogens is 750 g/mol. The van der Waals surface area contributed by atoms with Gasteiger partial charge in [-0.2, -0.15) is 4.99 Å². The number of nitrogens with zero attached hydrogens (tertiary/aromatic N) is 4. The molecule has 0 radical (unpaired) electrons. The van der Waals surface area contributed by atoms with Crippen LogP contribution in [0, 0.1) is 0 Å². The van der Waals surface area contributed by atoms with Gasteiger partial charge in [-0.05, 0) is 105 Å². The molecule has 4 amide bonds. The number of halogens is 2. The van der Waals surface area contributed by atoms with E-state index in [4.69, 9.17) is 9.47 Å². The van der Waals surface area contributed by atoms with Gasteiger partial charge in [-0.15, -0.1) is 0 Å². The minimum absolute atomic E-state index is 0.00229. The van der Waals surface area contributed by atoms with Crippen LogP contribution in [0.1, 0.15) is 43.2 Å². The number of benzene rings is 2. The number of methoxy groups -OCH3 is 1. The number of amides is 4. The predicted molar refractivity (Wildman–Crippen MR) is 185 cm³/mol. The molecule has 2 saturated heterocycles. The second-order valence-electron chi connectivity index (χ2n) is 11.8. The number of esters is 1. The predicted octanol–water partition coefficient (Wildman–Crippen LogP) is 5.41. The van der Waals surface area contributed by atoms with Gasteiger partial charge in [0.1, 0.15) is 11.8 Å². The van der Waals surface area contributed by atoms with Crippen LogP contribution in [0.3, 0.4) is 0 Å². The van der Waals surface area contributed by atoms with Crippen molar-refractivity contribution in [2.75, 3.05) is 38.6 Å². The molecular formula is C34H37Br2N5O7. The van der Waals surface area contributed by atoms with Crippen molar-refractivity contribution in [2.45, 2.75) is 63.1 Å². The molecule has 3 aliphatic rings. The highest BCUT2D eigenvalue weighted by atomic mass is 79.9. The van der Waals surface area contributed by atoms with E-state index in [1.807, 2.05) is 29.2 Å². The number of nitrogens with one attached hydrogen (secondary N) is 1. The lowest BCUT2D eigenvalue weighted by Gasteiger charge is -2.37. The number of aromatic hydroxyl groups is 1. The highest BCUT2D eigenvalue weighted by Crippen LogP contribution is 2.34. The summed E-state index contributed by atoms with van der Waals surface area (Å²) in [6.07, 6.45) is 3.85. The Morgan fingerprint density at radius 1 is 1.08 bits per heavy atom. The first-order valence-corrected chi connectivity index (χ1v) is 17.4. The van der Waals surface area contributed by atoms with Crippen LogP contribution in [0.4, 0.5) is 15.3 Å². The van der Waals surface area contributed by atoms with Gasteiger partial charge in [0.15, 0.2) is 6.10 Å². The summed E-state index contributed by atoms with van der Waals surface area (Å²) in [6.45, 7) is 1.90. The first-order chi connectivity index (χ1) is 23.1. The molecule has 2 N–H and O–H groups in total. The molecule has 12 nitrogen and oxygen atoms in total. The highest BCUT2D eigenvalue weighted by molar-refractivity contribution is 9.11. The van der Waals surface area contributed by atoms with Crippen LogP contribution in [0.15, 0.2) is 62.3 Å². The molecule has 48 heavy (non-hydrogen) atoms. The minimum Gasteiger partial charge on any atom is -0.506 e. The number of fused-ring (bicyclic) bond motifs is 1. The number of hydrogen-bond donors (Lipinski definition) is 2. The van der Waals surface area contributed by atoms with Crippen LogP contribution >= 0.6 is 31.9 Å². The van der Waals surface area contributed by atoms with Crippen LogP contribution < -0.4 is 5.32 Å². The second kappa shape index (κ2) is 16.3. The number of carbonyl (C=O) groups is 4. The average molecular weight is 788 g/mol. The zero-order valence-electron chi connectivity index (χ0n) is 26.5. The SMILES string of the molecule is COC(=O)[C@H]1CCCCN1C=C=C=NC(=O)[C@@H](Cc1cc(Br)c(O)c(Br)c1)OC(=O)N1CCC(N2CCc3ccccc3NC2=O)CC1. The van der Waals surface area contributed by atoms with Crippen molar-refractivity contribution in [1.29, 1.82) is 0 Å². The Morgan fingerprint density at radius 3 is 2.54 bits per heavy atom. The highest BCUT2D eigenvalue weighted by Gasteiger charge is 2.34. The number of hydrogen-bond acceptors (Lipinski definition) is 8. The zero-order chi connectivity index (χ0) is 34.2. The lowest BCUT2D eigenvalue weighted by molar-refractivity contribution is -0.147. The van der Waals surface area contributed by atoms with E-state index in [1.54, 1.807) is 17.0 Å². The maximum Gasteiger partial charge on any atom is 0.410 e. The Kier molecular flexibility index (Phi) is 12.0. The molecule has 0 bridgehead atoms. The number of likely N-dealkylation sites (tertiary alicyclic amines) is 2. The van der Waals surface area contributed by atoms with Gasteiger partial charge in [0.25, 0.3) is 5.91 Å². The maximum absolute atomic E-state index is 13.4. The number of phenolic OH excluding ortho intramolecular Hbond substituents is 1. The quantitative estimate of drug-likeness (QED) is 0.216. The van der Waals surface area contributed by atoms with Crippen molar-refractivity contribution >= 4 is 67.4 Å². The van der Waals surface area contributed by atoms with Gasteiger partial charge in [0, 0.05) is 50.2 Å². The fraction of sp³-hybridized carbons (Fsp3) is 0.441. The van der Waals surface area contributed by atoms with Gasteiger partial charge in [-0.25, -0.2) is 14.4 Å². The van der Waals surface area contributed by atoms with Gasteiger partial charge in [0.05, 0.1) is 22.3 Å². The summed E-state index contributed by atoms with van der Waals surface area (Å²) in [5.74, 6) is 1.39. The van der Waals surface area contributed by atoms with Crippen LogP contribution in [-0.4, -0.2) is 101 Å². The molecule has 5 rings (SSSR count). The molecule has 14 heteroatoms. The molecule has 2 aromatic carbocycles. The van der Waals surface area contributed by atoms with Crippen molar-refractivity contribution in [1.82, 2.24) is 14.7 Å². The smallest absolute Gasteiger partial charge is 0.410 e. The topological polar surface area (TPSA) is 141 Å². The standard InChI is InChI=1S/C34H37Br2N5O7/c1-47-32(44)28-9-4-5-14-39(28)15-6-13-37-31(43)29(21-22-19-25(35)30(42)26(36)20-22)48-34(46)40-16-11-24(12-17-40)41-18-10-23-7-2-3-8-27(23)38-33(41)45/h2-3,7-8,15,19-20,24,28-29,42H,4-5,9-12,14,16-18,21H2,1H3,(H,38,45)/t28-,29-/m1/s1. The van der Waals surface area contributed by atoms with Crippen molar-refractivity contribution in [3.8, 4) is 5.75 Å². The average Bonchev–Trinajstić information content (AvgIpc) is 3.26. The molecule has 0 saturated carbocycles. The first-order valence-electron chi connectivity index (χ1n) is 15.8. The molecule has 2 fully saturated rings. The number of carbonyl (C=O) groups excluding carboxylic acids is 4. The van der Waals surface area contributed by atoms with Gasteiger partial charge >= 0.3 is 18.1 Å². The second-order valence-corrected chi connectivity index (χ2v) is 13.6. The van der Waals surface area contributed by atoms with E-state index in [0.29, 0.717) is 60.0 Å². The Balaban J connectivity index is 1.26. The third kappa shape index (κ3) is 8.68. The monoisotopic (exact) mass is 785 g/mol. The number of phenols is 1. The first kappa shape index (κ1) is 35.2. The van der Waals surface area contributed by atoms with E-state index < -0.39 is 24.1 Å². The van der Waals surface area contributed by atoms with E-state index in [9.17, 15) is 24.3 Å². The maximum atomic E-state index is 13.4. The van der Waals surface area contributed by atoms with Crippen LogP contribution in [0.5, 0.6) is 5.75 Å². The van der Waals surface area contributed by atoms with E-state index in [2.05, 4.69) is 53.8 Å². The Hall–Kier alpha value is -4.09. The Labute approximate surface area is 295 Å². The van der Waals surface area contributed by atoms with Crippen molar-refractivity contribution in [3.63, 3.8) is 0 Å². The van der Waals surface area contributed by atoms with Crippen LogP contribution in [0.2, 0.25) is 0 Å². The lowest BCUT2D eigenvalue weighted by Crippen LogP contribution is -2.50. The van der Waals surface area contributed by atoms with Crippen molar-refractivity contribution < 1.29 is 33.8 Å². The van der Waals surface area contributed by atoms with Crippen molar-refractivity contribution in [3.05, 3.63) is 68.4 Å². The number of rotatable bonds is 7. The number of piperidine rings is 2. The van der Waals surface area contributed by atoms with E-state index >= 15 is 0 Å². The summed E-state index contributed by atoms with van der Waals surface area (Å²) in [4.78, 5) is 60.9. The number of anilines is 1. The van der Waals surface area contributed by atoms with Crippen LogP contribution in [-0.2, 0) is 31.9 Å². The summed E-state index contributed by atoms with van der Waals surface area (Å²) in [7, 11) is 1.34. The minimum atomic E-state index is -1.29. The number of urea groups is 1. The Bertz CT molecular complexity index is 1620. The number of aliphatic imine (C=N–C) groups is 1. The van der Waals surface area contributed by atoms with Crippen LogP contribution in [0.25, 0.3) is 0 Å². The summed E-state index contributed by atoms with van der Waals surface area (Å²) in [5.41, 5.74) is 5.24. The third-order valence-electron chi connectivity index (χ3n) is 8.80. The van der Waals surface area contributed by atoms with Gasteiger partial charge < -0.3 is 34.6 Å². The molecule has 3 heterocycles. The molecule has 0 aliphatic carbocycles. The summed E-state index contributed by atoms with van der Waals surface area (Å²) >= 11 is 6.60. The fourth-order valence-corrected chi connectivity index (χ4v) is 7.47. The lowest BCUT2D eigenvalue weighted by atomic mass is 10.0. The van der Waals surface area contributed by atoms with E-state index in [-0.39, 0.29) is 30.2 Å². The molecule has 2 atom stereocenters. The van der Waals surface area contributed by atoms with Crippen molar-refractivity contribution in [2.24, 2.45) is 4.99 Å². The number of para-hydroxylation sites is 1. The molecule has 0 spiro atoms. The van der Waals surface area contributed by atoms with Gasteiger partial charge in [-0.1, -0.05) is 18.2 Å². The fourth-order valence-electron chi connectivity index (χ4n) is 6.19. The van der Waals surface area contributed by atoms with Gasteiger partial charge in [-0.3, -0.25) is 4.79 Å². The third-order valence-corrected chi connectivity index (χ3v) is 10.0. The molecule has 3 aliphatic heterocycles. The van der Waals surface area contributed by atoms with Gasteiger partial charge in [0.2, 0.25) is 0 Å². The van der Waals surface area contributed by atoms with E-state index in [1.165, 1.54) is 18.2 Å². The largest absolute Gasteiger partial charge is 0.506 e. The zero-order valence-corrected chi connectivity index (χ0v) is 29.7. The summed E-state index contributed by atoms with van der Waals surface area (Å²) in [6, 6.07) is 10.4. The molecule has 254 valence electrons. The molecule has 0 unspecified atom stereocenters. The Morgan fingerprint density at radius 2 is 1.81 bits per heavy atom. The molecule has 2 aromatic rings. The molecule has 0 aromatic heterocycles. The van der Waals surface area contributed by atoms with E-state index in [0.717, 1.165) is 30.5 Å². The summed E-state index contributed by atoms with van der Waals surface area (Å²) < 4.78 is 11.5. The number of ether oxygens (including phenoxy) is 2. The summed E-state index contributed by atoms with van der Waals surface area (Å²) in [5, 5.41) is 13.1.